The van der Waals surface area contributed by atoms with Crippen molar-refractivity contribution in [2.45, 2.75) is 26.8 Å². The molecule has 1 unspecified atom stereocenters. The van der Waals surface area contributed by atoms with Crippen LogP contribution in [-0.2, 0) is 0 Å². The third kappa shape index (κ3) is 3.37. The number of hydrogen-bond acceptors (Lipinski definition) is 3. The largest absolute Gasteiger partial charge is 0.373 e. The molecule has 21 heavy (non-hydrogen) atoms. The topological polar surface area (TPSA) is 55.2 Å². The summed E-state index contributed by atoms with van der Waals surface area (Å²) >= 11 is 0. The number of nitro benzene ring substituents is 1. The molecule has 0 aliphatic heterocycles. The molecule has 0 saturated heterocycles. The highest BCUT2D eigenvalue weighted by molar-refractivity contribution is 5.63. The Balaban J connectivity index is 2.29. The second-order valence-electron chi connectivity index (χ2n) is 5.15. The fourth-order valence-electron chi connectivity index (χ4n) is 2.11. The van der Waals surface area contributed by atoms with Crippen LogP contribution in [0, 0.1) is 29.8 Å². The minimum Gasteiger partial charge on any atom is -0.373 e. The number of nitrogens with zero attached hydrogens (tertiary/aromatic N) is 1. The molecule has 0 bridgehead atoms. The Hall–Kier alpha value is -2.43. The molecule has 5 heteroatoms. The van der Waals surface area contributed by atoms with Crippen molar-refractivity contribution in [1.82, 2.24) is 0 Å². The number of nitrogens with one attached hydrogen (secondary N) is 1. The summed E-state index contributed by atoms with van der Waals surface area (Å²) in [5.74, 6) is -0.278. The molecule has 2 rings (SSSR count). The summed E-state index contributed by atoms with van der Waals surface area (Å²) in [6.45, 7) is 5.34. The molecule has 0 aliphatic rings. The van der Waals surface area contributed by atoms with Crippen LogP contribution < -0.4 is 5.32 Å². The maximum Gasteiger partial charge on any atom is 0.292 e. The number of nitro groups is 1. The minimum absolute atomic E-state index is 0.0226. The van der Waals surface area contributed by atoms with Crippen LogP contribution in [-0.4, -0.2) is 4.92 Å². The van der Waals surface area contributed by atoms with Gasteiger partial charge < -0.3 is 5.32 Å². The summed E-state index contributed by atoms with van der Waals surface area (Å²) in [7, 11) is 0. The van der Waals surface area contributed by atoms with Gasteiger partial charge in [-0.3, -0.25) is 10.1 Å². The molecule has 0 radical (unpaired) electrons. The van der Waals surface area contributed by atoms with E-state index in [1.807, 2.05) is 13.0 Å². The molecule has 1 N–H and O–H groups in total. The quantitative estimate of drug-likeness (QED) is 0.664. The number of aryl methyl sites for hydroxylation is 2. The van der Waals surface area contributed by atoms with E-state index >= 15 is 0 Å². The van der Waals surface area contributed by atoms with Gasteiger partial charge in [-0.2, -0.15) is 0 Å². The summed E-state index contributed by atoms with van der Waals surface area (Å²) in [4.78, 5) is 10.7. The van der Waals surface area contributed by atoms with Crippen molar-refractivity contribution in [2.75, 3.05) is 5.32 Å². The van der Waals surface area contributed by atoms with Gasteiger partial charge in [-0.25, -0.2) is 4.39 Å². The van der Waals surface area contributed by atoms with Crippen molar-refractivity contribution < 1.29 is 9.31 Å². The maximum absolute atomic E-state index is 13.6. The van der Waals surface area contributed by atoms with E-state index < -0.39 is 4.92 Å². The van der Waals surface area contributed by atoms with Crippen molar-refractivity contribution in [3.05, 3.63) is 69.0 Å². The van der Waals surface area contributed by atoms with E-state index in [2.05, 4.69) is 5.32 Å². The smallest absolute Gasteiger partial charge is 0.292 e. The van der Waals surface area contributed by atoms with Crippen molar-refractivity contribution in [3.63, 3.8) is 0 Å². The Bertz CT molecular complexity index is 686. The molecule has 0 amide bonds. The van der Waals surface area contributed by atoms with E-state index in [1.165, 1.54) is 12.1 Å². The van der Waals surface area contributed by atoms with Gasteiger partial charge >= 0.3 is 0 Å². The van der Waals surface area contributed by atoms with E-state index in [0.29, 0.717) is 11.3 Å². The van der Waals surface area contributed by atoms with Gasteiger partial charge in [0.05, 0.1) is 4.92 Å². The summed E-state index contributed by atoms with van der Waals surface area (Å²) in [6.07, 6.45) is 0. The average Bonchev–Trinajstić information content (AvgIpc) is 2.43. The third-order valence-electron chi connectivity index (χ3n) is 3.42. The molecule has 2 aromatic carbocycles. The van der Waals surface area contributed by atoms with E-state index in [-0.39, 0.29) is 17.5 Å². The molecule has 0 fully saturated rings. The van der Waals surface area contributed by atoms with Crippen LogP contribution in [0.3, 0.4) is 0 Å². The predicted molar refractivity (Wildman–Crippen MR) is 81.0 cm³/mol. The Labute approximate surface area is 122 Å². The second kappa shape index (κ2) is 5.91. The van der Waals surface area contributed by atoms with Crippen molar-refractivity contribution in [2.24, 2.45) is 0 Å². The minimum atomic E-state index is -0.419. The van der Waals surface area contributed by atoms with Crippen molar-refractivity contribution >= 4 is 11.4 Å². The van der Waals surface area contributed by atoms with Crippen LogP contribution in [0.4, 0.5) is 15.8 Å². The first-order valence-corrected chi connectivity index (χ1v) is 6.66. The molecule has 0 spiro atoms. The SMILES string of the molecule is Cc1ccc(NC(C)c2ccc(C)c(F)c2)c([N+](=O)[O-])c1. The van der Waals surface area contributed by atoms with Crippen LogP contribution in [0.25, 0.3) is 0 Å². The lowest BCUT2D eigenvalue weighted by Gasteiger charge is -2.16. The summed E-state index contributed by atoms with van der Waals surface area (Å²) in [6, 6.07) is 9.73. The number of anilines is 1. The summed E-state index contributed by atoms with van der Waals surface area (Å²) in [5, 5.41) is 14.2. The molecular formula is C16H17FN2O2. The molecule has 0 aliphatic carbocycles. The van der Waals surface area contributed by atoms with Gasteiger partial charge in [0.1, 0.15) is 11.5 Å². The van der Waals surface area contributed by atoms with Crippen LogP contribution >= 0.6 is 0 Å². The fraction of sp³-hybridized carbons (Fsp3) is 0.250. The highest BCUT2D eigenvalue weighted by Crippen LogP contribution is 2.29. The van der Waals surface area contributed by atoms with E-state index in [4.69, 9.17) is 0 Å². The number of hydrogen-bond donors (Lipinski definition) is 1. The van der Waals surface area contributed by atoms with Gasteiger partial charge in [0.15, 0.2) is 0 Å². The molecule has 0 saturated carbocycles. The van der Waals surface area contributed by atoms with Gasteiger partial charge in [-0.15, -0.1) is 0 Å². The number of rotatable bonds is 4. The lowest BCUT2D eigenvalue weighted by atomic mass is 10.1. The Morgan fingerprint density at radius 3 is 2.52 bits per heavy atom. The third-order valence-corrected chi connectivity index (χ3v) is 3.42. The Kier molecular flexibility index (Phi) is 4.21. The lowest BCUT2D eigenvalue weighted by molar-refractivity contribution is -0.384. The number of benzene rings is 2. The van der Waals surface area contributed by atoms with Crippen LogP contribution in [0.2, 0.25) is 0 Å². The molecule has 0 heterocycles. The van der Waals surface area contributed by atoms with Crippen LogP contribution in [0.1, 0.15) is 29.7 Å². The highest BCUT2D eigenvalue weighted by Gasteiger charge is 2.16. The predicted octanol–water partition coefficient (Wildman–Crippen LogP) is 4.52. The maximum atomic E-state index is 13.6. The summed E-state index contributed by atoms with van der Waals surface area (Å²) in [5.41, 5.74) is 2.59. The normalized spacial score (nSPS) is 12.0. The van der Waals surface area contributed by atoms with Crippen LogP contribution in [0.15, 0.2) is 36.4 Å². The molecular weight excluding hydrogens is 271 g/mol. The van der Waals surface area contributed by atoms with Gasteiger partial charge in [0.25, 0.3) is 5.69 Å². The van der Waals surface area contributed by atoms with Crippen molar-refractivity contribution in [3.8, 4) is 0 Å². The monoisotopic (exact) mass is 288 g/mol. The Morgan fingerprint density at radius 2 is 1.90 bits per heavy atom. The van der Waals surface area contributed by atoms with E-state index in [9.17, 15) is 14.5 Å². The zero-order chi connectivity index (χ0) is 15.6. The lowest BCUT2D eigenvalue weighted by Crippen LogP contribution is -2.09. The van der Waals surface area contributed by atoms with Crippen LogP contribution in [0.5, 0.6) is 0 Å². The fourth-order valence-corrected chi connectivity index (χ4v) is 2.11. The standard InChI is InChI=1S/C16H17FN2O2/c1-10-4-7-15(16(8-10)19(20)21)18-12(3)13-6-5-11(2)14(17)9-13/h4-9,12,18H,1-3H3. The number of halogens is 1. The highest BCUT2D eigenvalue weighted by atomic mass is 19.1. The molecule has 4 nitrogen and oxygen atoms in total. The molecule has 0 aromatic heterocycles. The van der Waals surface area contributed by atoms with Gasteiger partial charge in [-0.1, -0.05) is 18.2 Å². The van der Waals surface area contributed by atoms with E-state index in [0.717, 1.165) is 11.1 Å². The first-order valence-electron chi connectivity index (χ1n) is 6.66. The summed E-state index contributed by atoms with van der Waals surface area (Å²) < 4.78 is 13.6. The first kappa shape index (κ1) is 15.0. The van der Waals surface area contributed by atoms with E-state index in [1.54, 1.807) is 32.0 Å². The van der Waals surface area contributed by atoms with Gasteiger partial charge in [0.2, 0.25) is 0 Å². The zero-order valence-corrected chi connectivity index (χ0v) is 12.2. The molecule has 1 atom stereocenters. The van der Waals surface area contributed by atoms with Gasteiger partial charge in [-0.05, 0) is 49.6 Å². The molecule has 2 aromatic rings. The van der Waals surface area contributed by atoms with Crippen molar-refractivity contribution in [1.29, 1.82) is 0 Å². The zero-order valence-electron chi connectivity index (χ0n) is 12.2. The second-order valence-corrected chi connectivity index (χ2v) is 5.15. The average molecular weight is 288 g/mol. The Morgan fingerprint density at radius 1 is 1.19 bits per heavy atom. The van der Waals surface area contributed by atoms with Gasteiger partial charge in [0, 0.05) is 12.1 Å². The molecule has 110 valence electrons. The first-order chi connectivity index (χ1) is 9.88.